The van der Waals surface area contributed by atoms with Crippen LogP contribution >= 0.6 is 0 Å². The van der Waals surface area contributed by atoms with Crippen molar-refractivity contribution in [3.63, 3.8) is 0 Å². The Morgan fingerprint density at radius 2 is 2.13 bits per heavy atom. The van der Waals surface area contributed by atoms with Gasteiger partial charge in [0.2, 0.25) is 0 Å². The molecule has 2 rings (SSSR count). The van der Waals surface area contributed by atoms with Gasteiger partial charge in [0.15, 0.2) is 5.78 Å². The standard InChI is InChI=1S/C12H13NO2/c1-9-2-7-12(15)13(8-9)10-3-5-11(14)6-4-10/h2-3,5,7-8,10H,4,6H2,1H3. The van der Waals surface area contributed by atoms with E-state index in [2.05, 4.69) is 0 Å². The number of aryl methyl sites for hydroxylation is 1. The zero-order chi connectivity index (χ0) is 10.8. The number of nitrogens with zero attached hydrogens (tertiary/aromatic N) is 1. The number of carbonyl (C=O) groups is 1. The van der Waals surface area contributed by atoms with Crippen LogP contribution in [-0.2, 0) is 4.79 Å². The van der Waals surface area contributed by atoms with Crippen molar-refractivity contribution in [2.45, 2.75) is 25.8 Å². The molecule has 3 heteroatoms. The summed E-state index contributed by atoms with van der Waals surface area (Å²) in [7, 11) is 0. The minimum atomic E-state index is -0.00963. The van der Waals surface area contributed by atoms with Crippen LogP contribution in [0.25, 0.3) is 0 Å². The molecule has 0 fully saturated rings. The molecule has 0 saturated carbocycles. The molecule has 0 saturated heterocycles. The van der Waals surface area contributed by atoms with E-state index in [0.717, 1.165) is 12.0 Å². The van der Waals surface area contributed by atoms with Crippen molar-refractivity contribution < 1.29 is 4.79 Å². The van der Waals surface area contributed by atoms with Crippen LogP contribution < -0.4 is 5.56 Å². The third-order valence-corrected chi connectivity index (χ3v) is 2.63. The summed E-state index contributed by atoms with van der Waals surface area (Å²) in [6.07, 6.45) is 6.48. The molecule has 0 bridgehead atoms. The van der Waals surface area contributed by atoms with E-state index in [-0.39, 0.29) is 17.4 Å². The van der Waals surface area contributed by atoms with Gasteiger partial charge in [-0.3, -0.25) is 9.59 Å². The molecule has 0 amide bonds. The highest BCUT2D eigenvalue weighted by atomic mass is 16.1. The first-order valence-corrected chi connectivity index (χ1v) is 5.06. The number of aromatic nitrogens is 1. The molecule has 1 aromatic rings. The van der Waals surface area contributed by atoms with Gasteiger partial charge in [-0.05, 0) is 25.0 Å². The number of hydrogen-bond acceptors (Lipinski definition) is 2. The quantitative estimate of drug-likeness (QED) is 0.695. The molecule has 78 valence electrons. The van der Waals surface area contributed by atoms with Crippen LogP contribution in [0, 0.1) is 6.92 Å². The van der Waals surface area contributed by atoms with Crippen molar-refractivity contribution >= 4 is 5.78 Å². The van der Waals surface area contributed by atoms with Gasteiger partial charge in [0.25, 0.3) is 5.56 Å². The highest BCUT2D eigenvalue weighted by molar-refractivity contribution is 5.90. The molecule has 1 aliphatic carbocycles. The van der Waals surface area contributed by atoms with E-state index in [9.17, 15) is 9.59 Å². The van der Waals surface area contributed by atoms with E-state index in [1.54, 1.807) is 22.8 Å². The van der Waals surface area contributed by atoms with Gasteiger partial charge >= 0.3 is 0 Å². The monoisotopic (exact) mass is 203 g/mol. The Balaban J connectivity index is 2.38. The number of ketones is 1. The second kappa shape index (κ2) is 3.85. The van der Waals surface area contributed by atoms with E-state index in [4.69, 9.17) is 0 Å². The van der Waals surface area contributed by atoms with Crippen molar-refractivity contribution in [1.29, 1.82) is 0 Å². The second-order valence-corrected chi connectivity index (χ2v) is 3.88. The number of carbonyl (C=O) groups excluding carboxylic acids is 1. The first-order valence-electron chi connectivity index (χ1n) is 5.06. The maximum Gasteiger partial charge on any atom is 0.251 e. The average Bonchev–Trinajstić information content (AvgIpc) is 2.23. The van der Waals surface area contributed by atoms with Gasteiger partial charge in [0.1, 0.15) is 0 Å². The molecular formula is C12H13NO2. The van der Waals surface area contributed by atoms with Gasteiger partial charge < -0.3 is 4.57 Å². The van der Waals surface area contributed by atoms with Gasteiger partial charge in [-0.1, -0.05) is 12.1 Å². The fraction of sp³-hybridized carbons (Fsp3) is 0.333. The van der Waals surface area contributed by atoms with Crippen molar-refractivity contribution in [3.05, 3.63) is 46.4 Å². The van der Waals surface area contributed by atoms with E-state index in [1.165, 1.54) is 0 Å². The lowest BCUT2D eigenvalue weighted by Crippen LogP contribution is -2.24. The van der Waals surface area contributed by atoms with Crippen LogP contribution in [0.5, 0.6) is 0 Å². The Morgan fingerprint density at radius 1 is 1.33 bits per heavy atom. The Kier molecular flexibility index (Phi) is 2.54. The maximum absolute atomic E-state index is 11.6. The summed E-state index contributed by atoms with van der Waals surface area (Å²) in [4.78, 5) is 22.6. The minimum absolute atomic E-state index is 0.00963. The van der Waals surface area contributed by atoms with Crippen molar-refractivity contribution in [2.24, 2.45) is 0 Å². The summed E-state index contributed by atoms with van der Waals surface area (Å²) < 4.78 is 1.69. The molecule has 1 unspecified atom stereocenters. The third kappa shape index (κ3) is 2.06. The summed E-state index contributed by atoms with van der Waals surface area (Å²) in [5.41, 5.74) is 1.05. The summed E-state index contributed by atoms with van der Waals surface area (Å²) in [6, 6.07) is 3.41. The number of pyridine rings is 1. The SMILES string of the molecule is Cc1ccc(=O)n(C2C=CC(=O)CC2)c1. The van der Waals surface area contributed by atoms with Crippen LogP contribution in [0.1, 0.15) is 24.4 Å². The zero-order valence-electron chi connectivity index (χ0n) is 8.64. The van der Waals surface area contributed by atoms with E-state index < -0.39 is 0 Å². The average molecular weight is 203 g/mol. The van der Waals surface area contributed by atoms with Gasteiger partial charge in [-0.25, -0.2) is 0 Å². The Labute approximate surface area is 88.0 Å². The highest BCUT2D eigenvalue weighted by Crippen LogP contribution is 2.18. The molecule has 0 N–H and O–H groups in total. The number of hydrogen-bond donors (Lipinski definition) is 0. The molecule has 15 heavy (non-hydrogen) atoms. The highest BCUT2D eigenvalue weighted by Gasteiger charge is 2.15. The summed E-state index contributed by atoms with van der Waals surface area (Å²) in [5, 5.41) is 0. The summed E-state index contributed by atoms with van der Waals surface area (Å²) >= 11 is 0. The van der Waals surface area contributed by atoms with Crippen LogP contribution in [-0.4, -0.2) is 10.4 Å². The molecule has 1 aromatic heterocycles. The minimum Gasteiger partial charge on any atom is -0.308 e. The van der Waals surface area contributed by atoms with Gasteiger partial charge in [0, 0.05) is 18.7 Å². The van der Waals surface area contributed by atoms with Gasteiger partial charge in [-0.2, -0.15) is 0 Å². The molecule has 3 nitrogen and oxygen atoms in total. The molecule has 1 heterocycles. The third-order valence-electron chi connectivity index (χ3n) is 2.63. The van der Waals surface area contributed by atoms with Crippen molar-refractivity contribution in [3.8, 4) is 0 Å². The van der Waals surface area contributed by atoms with E-state index >= 15 is 0 Å². The van der Waals surface area contributed by atoms with Crippen LogP contribution in [0.4, 0.5) is 0 Å². The van der Waals surface area contributed by atoms with E-state index in [0.29, 0.717) is 6.42 Å². The topological polar surface area (TPSA) is 39.1 Å². The van der Waals surface area contributed by atoms with Gasteiger partial charge in [-0.15, -0.1) is 0 Å². The number of rotatable bonds is 1. The fourth-order valence-corrected chi connectivity index (χ4v) is 1.79. The van der Waals surface area contributed by atoms with Crippen LogP contribution in [0.15, 0.2) is 35.3 Å². The molecule has 0 aliphatic heterocycles. The molecule has 0 radical (unpaired) electrons. The Hall–Kier alpha value is -1.64. The number of allylic oxidation sites excluding steroid dienone is 2. The molecular weight excluding hydrogens is 190 g/mol. The summed E-state index contributed by atoms with van der Waals surface area (Å²) in [6.45, 7) is 1.95. The zero-order valence-corrected chi connectivity index (χ0v) is 8.64. The van der Waals surface area contributed by atoms with Crippen molar-refractivity contribution in [1.82, 2.24) is 4.57 Å². The Bertz CT molecular complexity index is 471. The first kappa shape index (κ1) is 9.90. The Morgan fingerprint density at radius 3 is 2.80 bits per heavy atom. The van der Waals surface area contributed by atoms with Crippen LogP contribution in [0.3, 0.4) is 0 Å². The smallest absolute Gasteiger partial charge is 0.251 e. The first-order chi connectivity index (χ1) is 7.16. The van der Waals surface area contributed by atoms with Crippen LogP contribution in [0.2, 0.25) is 0 Å². The van der Waals surface area contributed by atoms with Crippen molar-refractivity contribution in [2.75, 3.05) is 0 Å². The lowest BCUT2D eigenvalue weighted by Gasteiger charge is -2.18. The largest absolute Gasteiger partial charge is 0.308 e. The molecule has 1 atom stereocenters. The summed E-state index contributed by atoms with van der Waals surface area (Å²) in [5.74, 6) is 0.145. The molecule has 0 spiro atoms. The van der Waals surface area contributed by atoms with E-state index in [1.807, 2.05) is 19.2 Å². The predicted molar refractivity (Wildman–Crippen MR) is 57.9 cm³/mol. The lowest BCUT2D eigenvalue weighted by molar-refractivity contribution is -0.115. The maximum atomic E-state index is 11.6. The fourth-order valence-electron chi connectivity index (χ4n) is 1.79. The molecule has 1 aliphatic rings. The molecule has 0 aromatic carbocycles. The van der Waals surface area contributed by atoms with Gasteiger partial charge in [0.05, 0.1) is 6.04 Å². The normalized spacial score (nSPS) is 20.6. The predicted octanol–water partition coefficient (Wildman–Crippen LogP) is 1.62. The lowest BCUT2D eigenvalue weighted by atomic mass is 10.0. The second-order valence-electron chi connectivity index (χ2n) is 3.88.